The van der Waals surface area contributed by atoms with Crippen molar-refractivity contribution in [1.82, 2.24) is 0 Å². The molecule has 0 radical (unpaired) electrons. The van der Waals surface area contributed by atoms with Gasteiger partial charge in [0.15, 0.2) is 23.3 Å². The Morgan fingerprint density at radius 1 is 0.895 bits per heavy atom. The third-order valence-electron chi connectivity index (χ3n) is 2.77. The van der Waals surface area contributed by atoms with Gasteiger partial charge in [-0.2, -0.15) is 0 Å². The number of halogens is 5. The zero-order valence-electron chi connectivity index (χ0n) is 10.6. The maximum absolute atomic E-state index is 13.4. The fraction of sp³-hybridized carbons (Fsp3) is 0.500. The first-order chi connectivity index (χ1) is 8.71. The fourth-order valence-electron chi connectivity index (χ4n) is 1.57. The van der Waals surface area contributed by atoms with Crippen LogP contribution >= 0.6 is 0 Å². The molecule has 19 heavy (non-hydrogen) atoms. The summed E-state index contributed by atoms with van der Waals surface area (Å²) in [6, 6.07) is 0. The van der Waals surface area contributed by atoms with Gasteiger partial charge in [0, 0.05) is 6.54 Å². The average molecular weight is 282 g/mol. The molecule has 0 saturated carbocycles. The number of anilines is 1. The predicted octanol–water partition coefficient (Wildman–Crippen LogP) is 3.17. The highest BCUT2D eigenvalue weighted by Gasteiger charge is 2.27. The molecule has 0 fully saturated rings. The lowest BCUT2D eigenvalue weighted by molar-refractivity contribution is 0.358. The van der Waals surface area contributed by atoms with E-state index in [-0.39, 0.29) is 6.54 Å². The Kier molecular flexibility index (Phi) is 4.73. The molecule has 0 aliphatic rings. The fourth-order valence-corrected chi connectivity index (χ4v) is 1.57. The highest BCUT2D eigenvalue weighted by atomic mass is 19.2. The number of hydrogen-bond acceptors (Lipinski definition) is 2. The molecular formula is C12H15F5N2. The van der Waals surface area contributed by atoms with E-state index < -0.39 is 40.2 Å². The Hall–Kier alpha value is -1.37. The summed E-state index contributed by atoms with van der Waals surface area (Å²) in [5.41, 5.74) is 3.92. The normalized spacial score (nSPS) is 11.8. The summed E-state index contributed by atoms with van der Waals surface area (Å²) in [5.74, 6) is -9.81. The van der Waals surface area contributed by atoms with E-state index in [1.54, 1.807) is 13.8 Å². The van der Waals surface area contributed by atoms with Gasteiger partial charge in [-0.25, -0.2) is 22.0 Å². The van der Waals surface area contributed by atoms with Crippen molar-refractivity contribution in [2.45, 2.75) is 20.3 Å². The van der Waals surface area contributed by atoms with Gasteiger partial charge in [0.05, 0.1) is 0 Å². The van der Waals surface area contributed by atoms with Gasteiger partial charge in [0.2, 0.25) is 5.82 Å². The Labute approximate surface area is 107 Å². The van der Waals surface area contributed by atoms with Crippen molar-refractivity contribution >= 4 is 5.69 Å². The molecule has 0 heterocycles. The van der Waals surface area contributed by atoms with Crippen LogP contribution in [-0.4, -0.2) is 13.1 Å². The summed E-state index contributed by atoms with van der Waals surface area (Å²) >= 11 is 0. The van der Waals surface area contributed by atoms with Gasteiger partial charge in [-0.3, -0.25) is 0 Å². The van der Waals surface area contributed by atoms with Crippen molar-refractivity contribution in [3.63, 3.8) is 0 Å². The van der Waals surface area contributed by atoms with Crippen LogP contribution < -0.4 is 11.1 Å². The highest BCUT2D eigenvalue weighted by molar-refractivity contribution is 5.47. The maximum Gasteiger partial charge on any atom is 0.200 e. The Morgan fingerprint density at radius 2 is 1.32 bits per heavy atom. The van der Waals surface area contributed by atoms with E-state index in [9.17, 15) is 22.0 Å². The van der Waals surface area contributed by atoms with Crippen LogP contribution in [0.5, 0.6) is 0 Å². The minimum absolute atomic E-state index is 0.0303. The maximum atomic E-state index is 13.4. The van der Waals surface area contributed by atoms with E-state index in [2.05, 4.69) is 5.32 Å². The van der Waals surface area contributed by atoms with Crippen LogP contribution in [0.2, 0.25) is 0 Å². The number of benzene rings is 1. The predicted molar refractivity (Wildman–Crippen MR) is 62.2 cm³/mol. The van der Waals surface area contributed by atoms with Gasteiger partial charge in [-0.05, 0) is 18.4 Å². The second-order valence-electron chi connectivity index (χ2n) is 5.00. The zero-order chi connectivity index (χ0) is 14.8. The summed E-state index contributed by atoms with van der Waals surface area (Å²) in [6.07, 6.45) is 0.537. The third kappa shape index (κ3) is 3.34. The summed E-state index contributed by atoms with van der Waals surface area (Å²) in [5, 5.41) is 2.26. The minimum atomic E-state index is -2.17. The molecule has 0 aliphatic heterocycles. The molecule has 108 valence electrons. The lowest BCUT2D eigenvalue weighted by Gasteiger charge is -2.25. The van der Waals surface area contributed by atoms with Crippen molar-refractivity contribution in [3.05, 3.63) is 29.1 Å². The van der Waals surface area contributed by atoms with Gasteiger partial charge < -0.3 is 11.1 Å². The Balaban J connectivity index is 3.03. The zero-order valence-corrected chi connectivity index (χ0v) is 10.6. The molecule has 0 aromatic heterocycles. The first-order valence-corrected chi connectivity index (χ1v) is 5.66. The molecular weight excluding hydrogens is 267 g/mol. The van der Waals surface area contributed by atoms with Gasteiger partial charge >= 0.3 is 0 Å². The quantitative estimate of drug-likeness (QED) is 0.494. The monoisotopic (exact) mass is 282 g/mol. The number of nitrogens with two attached hydrogens (primary N) is 1. The lowest BCUT2D eigenvalue weighted by Crippen LogP contribution is -2.27. The molecule has 0 aliphatic carbocycles. The van der Waals surface area contributed by atoms with Crippen molar-refractivity contribution in [3.8, 4) is 0 Å². The number of rotatable bonds is 5. The summed E-state index contributed by atoms with van der Waals surface area (Å²) < 4.78 is 65.4. The molecule has 0 amide bonds. The van der Waals surface area contributed by atoms with Crippen molar-refractivity contribution in [1.29, 1.82) is 0 Å². The molecule has 0 atom stereocenters. The molecule has 1 rings (SSSR count). The van der Waals surface area contributed by atoms with Crippen LogP contribution in [0, 0.1) is 34.5 Å². The molecule has 2 nitrogen and oxygen atoms in total. The van der Waals surface area contributed by atoms with Gasteiger partial charge in [-0.15, -0.1) is 0 Å². The van der Waals surface area contributed by atoms with Crippen molar-refractivity contribution in [2.24, 2.45) is 11.1 Å². The second-order valence-corrected chi connectivity index (χ2v) is 5.00. The van der Waals surface area contributed by atoms with E-state index in [0.29, 0.717) is 13.0 Å². The van der Waals surface area contributed by atoms with Crippen molar-refractivity contribution in [2.75, 3.05) is 18.4 Å². The van der Waals surface area contributed by atoms with E-state index in [1.807, 2.05) is 0 Å². The van der Waals surface area contributed by atoms with E-state index >= 15 is 0 Å². The second kappa shape index (κ2) is 5.73. The van der Waals surface area contributed by atoms with Crippen LogP contribution in [0.3, 0.4) is 0 Å². The highest BCUT2D eigenvalue weighted by Crippen LogP contribution is 2.28. The van der Waals surface area contributed by atoms with Crippen LogP contribution in [0.1, 0.15) is 20.3 Å². The van der Waals surface area contributed by atoms with Crippen LogP contribution in [0.15, 0.2) is 0 Å². The number of hydrogen-bond donors (Lipinski definition) is 2. The van der Waals surface area contributed by atoms with Gasteiger partial charge in [0.1, 0.15) is 5.69 Å². The molecule has 1 aromatic carbocycles. The smallest absolute Gasteiger partial charge is 0.200 e. The third-order valence-corrected chi connectivity index (χ3v) is 2.77. The standard InChI is InChI=1S/C12H15F5N2/c1-12(2,3-4-18)5-19-11-9(16)7(14)6(13)8(15)10(11)17/h19H,3-5,18H2,1-2H3. The van der Waals surface area contributed by atoms with Crippen LogP contribution in [-0.2, 0) is 0 Å². The van der Waals surface area contributed by atoms with Crippen LogP contribution in [0.4, 0.5) is 27.6 Å². The molecule has 0 unspecified atom stereocenters. The Bertz CT molecular complexity index is 445. The minimum Gasteiger partial charge on any atom is -0.380 e. The van der Waals surface area contributed by atoms with E-state index in [0.717, 1.165) is 0 Å². The summed E-state index contributed by atoms with van der Waals surface area (Å²) in [6.45, 7) is 3.91. The largest absolute Gasteiger partial charge is 0.380 e. The van der Waals surface area contributed by atoms with E-state index in [1.165, 1.54) is 0 Å². The molecule has 3 N–H and O–H groups in total. The number of nitrogens with one attached hydrogen (secondary N) is 1. The molecule has 0 bridgehead atoms. The topological polar surface area (TPSA) is 38.0 Å². The van der Waals surface area contributed by atoms with Gasteiger partial charge in [0.25, 0.3) is 0 Å². The average Bonchev–Trinajstić information content (AvgIpc) is 2.34. The summed E-state index contributed by atoms with van der Waals surface area (Å²) in [7, 11) is 0. The lowest BCUT2D eigenvalue weighted by atomic mass is 9.89. The summed E-state index contributed by atoms with van der Waals surface area (Å²) in [4.78, 5) is 0. The molecule has 7 heteroatoms. The van der Waals surface area contributed by atoms with Crippen LogP contribution in [0.25, 0.3) is 0 Å². The molecule has 1 aromatic rings. The first-order valence-electron chi connectivity index (χ1n) is 5.66. The van der Waals surface area contributed by atoms with E-state index in [4.69, 9.17) is 5.73 Å². The Morgan fingerprint density at radius 3 is 1.74 bits per heavy atom. The SMILES string of the molecule is CC(C)(CCN)CNc1c(F)c(F)c(F)c(F)c1F. The molecule has 0 spiro atoms. The molecule has 0 saturated heterocycles. The first kappa shape index (κ1) is 15.7. The van der Waals surface area contributed by atoms with Gasteiger partial charge in [-0.1, -0.05) is 13.8 Å². The van der Waals surface area contributed by atoms with Crippen molar-refractivity contribution < 1.29 is 22.0 Å².